The maximum absolute atomic E-state index is 10.3. The first-order valence-electron chi connectivity index (χ1n) is 12.6. The number of hydrogen-bond donors (Lipinski definition) is 6. The molecule has 4 rings (SSSR count). The molecule has 8 heteroatoms. The number of dihydropyridines is 1. The molecule has 3 aliphatic rings. The molecule has 0 aliphatic carbocycles. The lowest BCUT2D eigenvalue weighted by atomic mass is 10.0. The van der Waals surface area contributed by atoms with Gasteiger partial charge in [0.1, 0.15) is 5.60 Å². The number of ether oxygens (including phenoxy) is 1. The number of piperidine rings is 1. The van der Waals surface area contributed by atoms with E-state index in [4.69, 9.17) is 4.74 Å². The van der Waals surface area contributed by atoms with Crippen LogP contribution in [0.5, 0.6) is 0 Å². The van der Waals surface area contributed by atoms with Crippen LogP contribution in [0.1, 0.15) is 46.1 Å². The third-order valence-corrected chi connectivity index (χ3v) is 6.30. The highest BCUT2D eigenvalue weighted by molar-refractivity contribution is 5.49. The van der Waals surface area contributed by atoms with E-state index in [0.29, 0.717) is 6.04 Å². The van der Waals surface area contributed by atoms with Crippen LogP contribution in [0.25, 0.3) is 0 Å². The Morgan fingerprint density at radius 2 is 1.83 bits per heavy atom. The molecule has 3 aliphatic heterocycles. The zero-order chi connectivity index (χ0) is 25.8. The molecule has 0 amide bonds. The molecule has 6 N–H and O–H groups in total. The van der Waals surface area contributed by atoms with Gasteiger partial charge < -0.3 is 31.0 Å². The molecule has 1 fully saturated rings. The van der Waals surface area contributed by atoms with Crippen LogP contribution in [-0.4, -0.2) is 64.4 Å². The number of hydrogen-bond acceptors (Lipinski definition) is 8. The molecule has 1 unspecified atom stereocenters. The molecule has 36 heavy (non-hydrogen) atoms. The molecule has 0 bridgehead atoms. The topological polar surface area (TPSA) is 101 Å². The number of allylic oxidation sites excluding steroid dienone is 1. The summed E-state index contributed by atoms with van der Waals surface area (Å²) < 4.78 is 6.33. The van der Waals surface area contributed by atoms with Crippen molar-refractivity contribution in [2.75, 3.05) is 31.6 Å². The van der Waals surface area contributed by atoms with Crippen LogP contribution >= 0.6 is 0 Å². The molecule has 8 nitrogen and oxygen atoms in total. The number of nitrogens with zero attached hydrogens (tertiary/aromatic N) is 1. The number of rotatable bonds is 7. The smallest absolute Gasteiger partial charge is 0.218 e. The Hall–Kier alpha value is -2.80. The van der Waals surface area contributed by atoms with Crippen molar-refractivity contribution in [1.82, 2.24) is 21.1 Å². The Morgan fingerprint density at radius 1 is 1.11 bits per heavy atom. The molecule has 0 spiro atoms. The Morgan fingerprint density at radius 3 is 2.39 bits per heavy atom. The summed E-state index contributed by atoms with van der Waals surface area (Å²) in [6.07, 6.45) is 10.0. The fourth-order valence-electron chi connectivity index (χ4n) is 4.33. The second kappa shape index (κ2) is 10.7. The molecular formula is C28H39N5O3. The first kappa shape index (κ1) is 26.3. The summed E-state index contributed by atoms with van der Waals surface area (Å²) in [4.78, 5) is 2.30. The van der Waals surface area contributed by atoms with Gasteiger partial charge in [-0.25, -0.2) is 5.43 Å². The van der Waals surface area contributed by atoms with Gasteiger partial charge in [0, 0.05) is 49.3 Å². The highest BCUT2D eigenvalue weighted by Gasteiger charge is 2.40. The normalized spacial score (nSPS) is 23.2. The number of benzene rings is 1. The zero-order valence-corrected chi connectivity index (χ0v) is 21.7. The van der Waals surface area contributed by atoms with Crippen LogP contribution in [0.3, 0.4) is 0 Å². The van der Waals surface area contributed by atoms with Gasteiger partial charge in [0.2, 0.25) is 5.85 Å². The average molecular weight is 494 g/mol. The number of likely N-dealkylation sites (tertiary alicyclic amines) is 1. The minimum absolute atomic E-state index is 0.209. The summed E-state index contributed by atoms with van der Waals surface area (Å²) in [5.41, 5.74) is 8.41. The lowest BCUT2D eigenvalue weighted by Crippen LogP contribution is -2.62. The number of anilines is 1. The predicted octanol–water partition coefficient (Wildman–Crippen LogP) is 2.16. The standard InChI is InChI=1S/C28H39N5O3/c1-26(2,34)13-9-21-5-7-24(8-6-21)32-25-11-15-33(16-12-25)28(36-20-27(3,4)35)14-10-22(17-29-28)23-18-30-31-19-23/h5-8,10,14,17-18,25,29-32,34-35H,11-12,15-16,19-20H2,1-4H3. The first-order valence-corrected chi connectivity index (χ1v) is 12.6. The van der Waals surface area contributed by atoms with Crippen LogP contribution in [0, 0.1) is 11.8 Å². The van der Waals surface area contributed by atoms with Gasteiger partial charge in [-0.15, -0.1) is 0 Å². The van der Waals surface area contributed by atoms with Crippen molar-refractivity contribution in [3.8, 4) is 11.8 Å². The van der Waals surface area contributed by atoms with Gasteiger partial charge in [0.25, 0.3) is 0 Å². The van der Waals surface area contributed by atoms with Crippen LogP contribution in [0.4, 0.5) is 5.69 Å². The van der Waals surface area contributed by atoms with E-state index in [1.807, 2.05) is 36.7 Å². The van der Waals surface area contributed by atoms with Gasteiger partial charge in [-0.1, -0.05) is 17.9 Å². The highest BCUT2D eigenvalue weighted by atomic mass is 16.5. The quantitative estimate of drug-likeness (QED) is 0.322. The summed E-state index contributed by atoms with van der Waals surface area (Å²) in [6, 6.07) is 8.37. The van der Waals surface area contributed by atoms with Crippen molar-refractivity contribution < 1.29 is 14.9 Å². The molecule has 1 atom stereocenters. The maximum Gasteiger partial charge on any atom is 0.218 e. The van der Waals surface area contributed by atoms with E-state index in [2.05, 4.69) is 50.4 Å². The van der Waals surface area contributed by atoms with Crippen LogP contribution < -0.4 is 21.5 Å². The lowest BCUT2D eigenvalue weighted by molar-refractivity contribution is -0.174. The molecule has 1 aromatic rings. The molecule has 1 aromatic carbocycles. The molecule has 0 saturated carbocycles. The average Bonchev–Trinajstić information content (AvgIpc) is 3.37. The van der Waals surface area contributed by atoms with E-state index in [1.54, 1.807) is 27.7 Å². The van der Waals surface area contributed by atoms with E-state index >= 15 is 0 Å². The number of aliphatic hydroxyl groups is 2. The fraction of sp³-hybridized carbons (Fsp3) is 0.500. The molecule has 1 saturated heterocycles. The zero-order valence-electron chi connectivity index (χ0n) is 21.7. The second-order valence-corrected chi connectivity index (χ2v) is 10.8. The summed E-state index contributed by atoms with van der Waals surface area (Å²) in [7, 11) is 0. The van der Waals surface area contributed by atoms with E-state index in [1.165, 1.54) is 5.57 Å². The third kappa shape index (κ3) is 7.12. The SMILES string of the molecule is CC(C)(O)C#Cc1ccc(NC2CCN(C3(OCC(C)(C)O)C=CC(C4=CNNC4)=CN3)CC2)cc1. The van der Waals surface area contributed by atoms with Crippen LogP contribution in [-0.2, 0) is 4.74 Å². The summed E-state index contributed by atoms with van der Waals surface area (Å²) in [5.74, 6) is 5.06. The maximum atomic E-state index is 10.3. The largest absolute Gasteiger partial charge is 0.388 e. The van der Waals surface area contributed by atoms with Crippen molar-refractivity contribution in [2.24, 2.45) is 0 Å². The second-order valence-electron chi connectivity index (χ2n) is 10.8. The molecular weight excluding hydrogens is 454 g/mol. The van der Waals surface area contributed by atoms with Gasteiger partial charge in [0.15, 0.2) is 0 Å². The molecule has 0 aromatic heterocycles. The molecule has 3 heterocycles. The van der Waals surface area contributed by atoms with Crippen molar-refractivity contribution >= 4 is 5.69 Å². The van der Waals surface area contributed by atoms with Gasteiger partial charge in [-0.05, 0) is 82.0 Å². The Bertz CT molecular complexity index is 1060. The Labute approximate surface area is 214 Å². The lowest BCUT2D eigenvalue weighted by Gasteiger charge is -2.47. The van der Waals surface area contributed by atoms with Crippen molar-refractivity contribution in [3.05, 3.63) is 65.5 Å². The highest BCUT2D eigenvalue weighted by Crippen LogP contribution is 2.29. The van der Waals surface area contributed by atoms with Gasteiger partial charge >= 0.3 is 0 Å². The summed E-state index contributed by atoms with van der Waals surface area (Å²) in [5, 5.41) is 27.2. The van der Waals surface area contributed by atoms with Crippen LogP contribution in [0.15, 0.2) is 60.0 Å². The van der Waals surface area contributed by atoms with Gasteiger partial charge in [-0.3, -0.25) is 4.90 Å². The number of hydrazine groups is 1. The monoisotopic (exact) mass is 493 g/mol. The Kier molecular flexibility index (Phi) is 7.79. The fourth-order valence-corrected chi connectivity index (χ4v) is 4.33. The number of nitrogens with one attached hydrogen (secondary N) is 4. The minimum Gasteiger partial charge on any atom is -0.388 e. The van der Waals surface area contributed by atoms with Crippen molar-refractivity contribution in [2.45, 2.75) is 63.6 Å². The van der Waals surface area contributed by atoms with Gasteiger partial charge in [-0.2, -0.15) is 0 Å². The van der Waals surface area contributed by atoms with Gasteiger partial charge in [0.05, 0.1) is 12.2 Å². The summed E-state index contributed by atoms with van der Waals surface area (Å²) in [6.45, 7) is 9.52. The molecule has 194 valence electrons. The van der Waals surface area contributed by atoms with Crippen molar-refractivity contribution in [3.63, 3.8) is 0 Å². The Balaban J connectivity index is 1.37. The molecule has 0 radical (unpaired) electrons. The van der Waals surface area contributed by atoms with Crippen molar-refractivity contribution in [1.29, 1.82) is 0 Å². The predicted molar refractivity (Wildman–Crippen MR) is 142 cm³/mol. The first-order chi connectivity index (χ1) is 17.0. The van der Waals surface area contributed by atoms with E-state index in [9.17, 15) is 10.2 Å². The van der Waals surface area contributed by atoms with E-state index in [-0.39, 0.29) is 6.61 Å². The van der Waals surface area contributed by atoms with E-state index < -0.39 is 17.1 Å². The third-order valence-electron chi connectivity index (χ3n) is 6.30. The summed E-state index contributed by atoms with van der Waals surface area (Å²) >= 11 is 0. The van der Waals surface area contributed by atoms with E-state index in [0.717, 1.165) is 49.3 Å². The van der Waals surface area contributed by atoms with Crippen LogP contribution in [0.2, 0.25) is 0 Å². The minimum atomic E-state index is -0.999.